The van der Waals surface area contributed by atoms with Crippen molar-refractivity contribution < 1.29 is 4.79 Å². The monoisotopic (exact) mass is 378 g/mol. The van der Waals surface area contributed by atoms with Gasteiger partial charge in [-0.25, -0.2) is 4.98 Å². The predicted octanol–water partition coefficient (Wildman–Crippen LogP) is 3.96. The standard InChI is InChI=1S/C21H26N6O/c1-21(2,3)17-13-19(27(5)26-17)25-16-10-11-23-18(12-16)24-15-8-6-14(7-9-15)20(28)22-4/h6-13H,1-5H3,(H,22,28)(H2,23,24,25). The van der Waals surface area contributed by atoms with E-state index < -0.39 is 0 Å². The van der Waals surface area contributed by atoms with Gasteiger partial charge in [-0.05, 0) is 30.3 Å². The second kappa shape index (κ2) is 7.72. The number of amides is 1. The minimum atomic E-state index is -0.110. The normalized spacial score (nSPS) is 11.2. The molecule has 0 aliphatic rings. The molecule has 2 heterocycles. The Balaban J connectivity index is 1.74. The van der Waals surface area contributed by atoms with Gasteiger partial charge in [0.25, 0.3) is 5.91 Å². The summed E-state index contributed by atoms with van der Waals surface area (Å²) in [7, 11) is 3.54. The van der Waals surface area contributed by atoms with Crippen LogP contribution in [0.1, 0.15) is 36.8 Å². The molecule has 7 heteroatoms. The van der Waals surface area contributed by atoms with Gasteiger partial charge in [-0.15, -0.1) is 0 Å². The molecule has 0 fully saturated rings. The molecule has 0 unspecified atom stereocenters. The lowest BCUT2D eigenvalue weighted by molar-refractivity contribution is 0.0963. The highest BCUT2D eigenvalue weighted by Gasteiger charge is 2.19. The number of benzene rings is 1. The quantitative estimate of drug-likeness (QED) is 0.626. The van der Waals surface area contributed by atoms with E-state index in [1.807, 2.05) is 36.0 Å². The maximum Gasteiger partial charge on any atom is 0.251 e. The van der Waals surface area contributed by atoms with Gasteiger partial charge >= 0.3 is 0 Å². The van der Waals surface area contributed by atoms with Crippen LogP contribution < -0.4 is 16.0 Å². The largest absolute Gasteiger partial charge is 0.355 e. The molecule has 28 heavy (non-hydrogen) atoms. The average molecular weight is 378 g/mol. The Morgan fingerprint density at radius 1 is 1.00 bits per heavy atom. The fraction of sp³-hybridized carbons (Fsp3) is 0.286. The van der Waals surface area contributed by atoms with Crippen LogP contribution in [0.4, 0.5) is 23.0 Å². The lowest BCUT2D eigenvalue weighted by Gasteiger charge is -2.13. The number of rotatable bonds is 5. The summed E-state index contributed by atoms with van der Waals surface area (Å²) in [6, 6.07) is 13.1. The molecule has 1 amide bonds. The Labute approximate surface area is 165 Å². The van der Waals surface area contributed by atoms with Crippen molar-refractivity contribution >= 4 is 28.9 Å². The molecule has 3 N–H and O–H groups in total. The second-order valence-corrected chi connectivity index (χ2v) is 7.62. The van der Waals surface area contributed by atoms with Gasteiger partial charge in [-0.2, -0.15) is 5.10 Å². The highest BCUT2D eigenvalue weighted by molar-refractivity contribution is 5.94. The van der Waals surface area contributed by atoms with Gasteiger partial charge in [-0.1, -0.05) is 20.8 Å². The summed E-state index contributed by atoms with van der Waals surface area (Å²) in [5.74, 6) is 1.51. The van der Waals surface area contributed by atoms with Gasteiger partial charge in [0.05, 0.1) is 5.69 Å². The van der Waals surface area contributed by atoms with Crippen LogP contribution in [0, 0.1) is 0 Å². The van der Waals surface area contributed by atoms with Crippen molar-refractivity contribution in [3.8, 4) is 0 Å². The molecular formula is C21H26N6O. The van der Waals surface area contributed by atoms with Crippen LogP contribution >= 0.6 is 0 Å². The third-order valence-corrected chi connectivity index (χ3v) is 4.33. The topological polar surface area (TPSA) is 83.9 Å². The Kier molecular flexibility index (Phi) is 5.35. The zero-order valence-corrected chi connectivity index (χ0v) is 16.9. The third-order valence-electron chi connectivity index (χ3n) is 4.33. The van der Waals surface area contributed by atoms with Crippen LogP contribution in [-0.2, 0) is 12.5 Å². The number of pyridine rings is 1. The number of hydrogen-bond acceptors (Lipinski definition) is 5. The van der Waals surface area contributed by atoms with E-state index in [9.17, 15) is 4.79 Å². The van der Waals surface area contributed by atoms with Crippen molar-refractivity contribution in [1.29, 1.82) is 0 Å². The van der Waals surface area contributed by atoms with Gasteiger partial charge in [0.15, 0.2) is 0 Å². The van der Waals surface area contributed by atoms with Crippen LogP contribution in [0.25, 0.3) is 0 Å². The van der Waals surface area contributed by atoms with Gasteiger partial charge in [0, 0.05) is 54.8 Å². The molecule has 0 radical (unpaired) electrons. The van der Waals surface area contributed by atoms with E-state index in [1.54, 1.807) is 25.4 Å². The molecule has 146 valence electrons. The summed E-state index contributed by atoms with van der Waals surface area (Å²) in [4.78, 5) is 16.0. The number of nitrogens with zero attached hydrogens (tertiary/aromatic N) is 3. The number of anilines is 4. The van der Waals surface area contributed by atoms with Crippen molar-refractivity contribution in [1.82, 2.24) is 20.1 Å². The molecule has 0 aliphatic carbocycles. The molecule has 0 bridgehead atoms. The highest BCUT2D eigenvalue weighted by atomic mass is 16.1. The van der Waals surface area contributed by atoms with E-state index in [1.165, 1.54) is 0 Å². The molecule has 3 rings (SSSR count). The van der Waals surface area contributed by atoms with Gasteiger partial charge in [-0.3, -0.25) is 9.48 Å². The lowest BCUT2D eigenvalue weighted by atomic mass is 9.92. The van der Waals surface area contributed by atoms with E-state index in [2.05, 4.69) is 52.9 Å². The number of aromatic nitrogens is 3. The predicted molar refractivity (Wildman–Crippen MR) is 113 cm³/mol. The Bertz CT molecular complexity index is 969. The van der Waals surface area contributed by atoms with Crippen molar-refractivity contribution in [2.24, 2.45) is 7.05 Å². The first-order valence-corrected chi connectivity index (χ1v) is 9.13. The first kappa shape index (κ1) is 19.4. The molecule has 0 aliphatic heterocycles. The van der Waals surface area contributed by atoms with E-state index in [4.69, 9.17) is 0 Å². The van der Waals surface area contributed by atoms with Crippen LogP contribution in [0.3, 0.4) is 0 Å². The maximum absolute atomic E-state index is 11.6. The van der Waals surface area contributed by atoms with E-state index in [-0.39, 0.29) is 11.3 Å². The van der Waals surface area contributed by atoms with Crippen molar-refractivity contribution in [2.75, 3.05) is 17.7 Å². The molecule has 0 saturated carbocycles. The molecule has 0 saturated heterocycles. The Morgan fingerprint density at radius 3 is 2.32 bits per heavy atom. The van der Waals surface area contributed by atoms with E-state index in [0.29, 0.717) is 11.4 Å². The minimum absolute atomic E-state index is 0.0104. The van der Waals surface area contributed by atoms with Crippen molar-refractivity contribution in [2.45, 2.75) is 26.2 Å². The van der Waals surface area contributed by atoms with Crippen molar-refractivity contribution in [3.05, 3.63) is 59.9 Å². The van der Waals surface area contributed by atoms with E-state index >= 15 is 0 Å². The van der Waals surface area contributed by atoms with Crippen LogP contribution in [0.2, 0.25) is 0 Å². The maximum atomic E-state index is 11.6. The molecule has 0 atom stereocenters. The fourth-order valence-corrected chi connectivity index (χ4v) is 2.67. The fourth-order valence-electron chi connectivity index (χ4n) is 2.67. The number of hydrogen-bond donors (Lipinski definition) is 3. The van der Waals surface area contributed by atoms with E-state index in [0.717, 1.165) is 22.9 Å². The number of carbonyl (C=O) groups excluding carboxylic acids is 1. The van der Waals surface area contributed by atoms with Gasteiger partial charge in [0.2, 0.25) is 0 Å². The zero-order valence-electron chi connectivity index (χ0n) is 16.9. The summed E-state index contributed by atoms with van der Waals surface area (Å²) < 4.78 is 1.84. The molecule has 0 spiro atoms. The van der Waals surface area contributed by atoms with Crippen molar-refractivity contribution in [3.63, 3.8) is 0 Å². The van der Waals surface area contributed by atoms with Crippen LogP contribution in [0.5, 0.6) is 0 Å². The number of carbonyl (C=O) groups is 1. The molecular weight excluding hydrogens is 352 g/mol. The smallest absolute Gasteiger partial charge is 0.251 e. The van der Waals surface area contributed by atoms with Crippen LogP contribution in [-0.4, -0.2) is 27.7 Å². The summed E-state index contributed by atoms with van der Waals surface area (Å²) in [5, 5.41) is 13.8. The average Bonchev–Trinajstić information content (AvgIpc) is 3.03. The van der Waals surface area contributed by atoms with Gasteiger partial charge in [0.1, 0.15) is 11.6 Å². The lowest BCUT2D eigenvalue weighted by Crippen LogP contribution is -2.17. The number of nitrogens with one attached hydrogen (secondary N) is 3. The summed E-state index contributed by atoms with van der Waals surface area (Å²) in [5.41, 5.74) is 3.39. The zero-order chi connectivity index (χ0) is 20.3. The van der Waals surface area contributed by atoms with Gasteiger partial charge < -0.3 is 16.0 Å². The Morgan fingerprint density at radius 2 is 1.71 bits per heavy atom. The first-order valence-electron chi connectivity index (χ1n) is 9.13. The summed E-state index contributed by atoms with van der Waals surface area (Å²) in [6.45, 7) is 6.43. The summed E-state index contributed by atoms with van der Waals surface area (Å²) >= 11 is 0. The molecule has 1 aromatic carbocycles. The second-order valence-electron chi connectivity index (χ2n) is 7.62. The Hall–Kier alpha value is -3.35. The third kappa shape index (κ3) is 4.49. The molecule has 2 aromatic heterocycles. The number of aryl methyl sites for hydroxylation is 1. The summed E-state index contributed by atoms with van der Waals surface area (Å²) in [6.07, 6.45) is 1.74. The highest BCUT2D eigenvalue weighted by Crippen LogP contribution is 2.26. The van der Waals surface area contributed by atoms with Crippen LogP contribution in [0.15, 0.2) is 48.7 Å². The first-order chi connectivity index (χ1) is 13.3. The molecule has 7 nitrogen and oxygen atoms in total. The SMILES string of the molecule is CNC(=O)c1ccc(Nc2cc(Nc3cc(C(C)(C)C)nn3C)ccn2)cc1. The minimum Gasteiger partial charge on any atom is -0.355 e. The molecule has 3 aromatic rings.